The Kier molecular flexibility index (Phi) is 7.93. The van der Waals surface area contributed by atoms with Gasteiger partial charge in [0.05, 0.1) is 26.0 Å². The first-order valence-corrected chi connectivity index (χ1v) is 13.6. The monoisotopic (exact) mass is 763 g/mol. The molecule has 0 spiro atoms. The maximum Gasteiger partial charge on any atom is 2.00 e. The van der Waals surface area contributed by atoms with Gasteiger partial charge in [-0.3, -0.25) is 4.68 Å². The third-order valence-corrected chi connectivity index (χ3v) is 7.23. The van der Waals surface area contributed by atoms with Crippen molar-refractivity contribution in [2.45, 2.75) is 6.92 Å². The first-order valence-electron chi connectivity index (χ1n) is 13.6. The van der Waals surface area contributed by atoms with Gasteiger partial charge in [0.1, 0.15) is 23.1 Å². The molecule has 7 nitrogen and oxygen atoms in total. The van der Waals surface area contributed by atoms with Crippen molar-refractivity contribution < 1.29 is 39.7 Å². The van der Waals surface area contributed by atoms with E-state index in [2.05, 4.69) is 22.2 Å². The quantitative estimate of drug-likeness (QED) is 0.155. The Hall–Kier alpha value is -4.94. The van der Waals surface area contributed by atoms with E-state index >= 15 is 0 Å². The van der Waals surface area contributed by atoms with E-state index < -0.39 is 0 Å². The number of rotatable bonds is 7. The van der Waals surface area contributed by atoms with Gasteiger partial charge in [0.2, 0.25) is 0 Å². The summed E-state index contributed by atoms with van der Waals surface area (Å²) in [5.74, 6) is 2.47. The molecule has 220 valence electrons. The zero-order valence-corrected chi connectivity index (χ0v) is 26.2. The predicted molar refractivity (Wildman–Crippen MR) is 163 cm³/mol. The van der Waals surface area contributed by atoms with Crippen LogP contribution in [0.3, 0.4) is 0 Å². The molecule has 3 aromatic heterocycles. The molecule has 0 saturated heterocycles. The summed E-state index contributed by atoms with van der Waals surface area (Å²) >= 11 is 0. The van der Waals surface area contributed by atoms with Gasteiger partial charge in [0.25, 0.3) is 0 Å². The summed E-state index contributed by atoms with van der Waals surface area (Å²) in [5, 5.41) is 6.54. The number of pyridine rings is 1. The van der Waals surface area contributed by atoms with Crippen LogP contribution in [-0.4, -0.2) is 33.6 Å². The summed E-state index contributed by atoms with van der Waals surface area (Å²) in [4.78, 5) is 4.42. The maximum atomic E-state index is 14.2. The van der Waals surface area contributed by atoms with Gasteiger partial charge in [0, 0.05) is 41.0 Å². The topological polar surface area (TPSA) is 63.3 Å². The van der Waals surface area contributed by atoms with Crippen LogP contribution in [0.25, 0.3) is 44.4 Å². The molecule has 0 unspecified atom stereocenters. The van der Waals surface area contributed by atoms with E-state index in [1.165, 1.54) is 18.3 Å². The smallest absolute Gasteiger partial charge is 0.509 e. The van der Waals surface area contributed by atoms with E-state index in [9.17, 15) is 4.39 Å². The van der Waals surface area contributed by atoms with Gasteiger partial charge in [0.15, 0.2) is 0 Å². The van der Waals surface area contributed by atoms with Crippen molar-refractivity contribution in [3.05, 3.63) is 121 Å². The summed E-state index contributed by atoms with van der Waals surface area (Å²) in [6.45, 7) is 1.99. The Morgan fingerprint density at radius 3 is 2.36 bits per heavy atom. The Bertz CT molecular complexity index is 2110. The Labute approximate surface area is 267 Å². The Morgan fingerprint density at radius 2 is 1.59 bits per heavy atom. The number of fused-ring (bicyclic) bond motifs is 3. The molecule has 0 aliphatic carbocycles. The van der Waals surface area contributed by atoms with E-state index in [0.717, 1.165) is 38.5 Å². The molecule has 0 atom stereocenters. The van der Waals surface area contributed by atoms with E-state index in [1.54, 1.807) is 25.1 Å². The molecule has 0 aliphatic heterocycles. The molecule has 7 aromatic rings. The van der Waals surface area contributed by atoms with Crippen molar-refractivity contribution in [3.63, 3.8) is 0 Å². The van der Waals surface area contributed by atoms with Crippen LogP contribution in [0.5, 0.6) is 23.0 Å². The van der Waals surface area contributed by atoms with E-state index in [4.69, 9.17) is 14.2 Å². The summed E-state index contributed by atoms with van der Waals surface area (Å²) in [6, 6.07) is 30.7. The second kappa shape index (κ2) is 12.0. The SMILES string of the molecule is COc1cc(C)cc(OC)c1-c1cnn(-c2[c-]c(Oc3[c-]c4c(cc3)c3ccccc3n4-c3cc(F)ccn3)ccc2)c1.[Pt+2]. The van der Waals surface area contributed by atoms with Gasteiger partial charge in [-0.1, -0.05) is 23.7 Å². The van der Waals surface area contributed by atoms with Crippen LogP contribution >= 0.6 is 0 Å². The minimum atomic E-state index is -0.365. The van der Waals surface area contributed by atoms with Gasteiger partial charge < -0.3 is 18.8 Å². The van der Waals surface area contributed by atoms with Gasteiger partial charge in [-0.2, -0.15) is 17.2 Å². The molecule has 0 fully saturated rings. The number of hydrogen-bond acceptors (Lipinski definition) is 5. The number of para-hydroxylation sites is 1. The van der Waals surface area contributed by atoms with Crippen LogP contribution in [0.2, 0.25) is 0 Å². The Morgan fingerprint density at radius 1 is 0.818 bits per heavy atom. The standard InChI is InChI=1S/C35H25FN4O3.Pt/c1-22-15-32(41-2)35(33(16-22)42-3)23-20-38-39(21-23)25-7-6-8-26(18-25)43-27-11-12-29-28-9-4-5-10-30(28)40(31(29)19-27)34-17-24(36)13-14-37-34;/h4-17,20-21H,1-3H3;/q-2;+2. The second-order valence-corrected chi connectivity index (χ2v) is 9.99. The molecular weight excluding hydrogens is 738 g/mol. The maximum absolute atomic E-state index is 14.2. The van der Waals surface area contributed by atoms with Gasteiger partial charge in [-0.15, -0.1) is 35.7 Å². The van der Waals surface area contributed by atoms with Gasteiger partial charge in [-0.25, -0.2) is 9.37 Å². The number of ether oxygens (including phenoxy) is 3. The minimum absolute atomic E-state index is 0. The van der Waals surface area contributed by atoms with Crippen LogP contribution in [0, 0.1) is 24.9 Å². The van der Waals surface area contributed by atoms with Crippen LogP contribution < -0.4 is 14.2 Å². The third-order valence-electron chi connectivity index (χ3n) is 7.23. The molecule has 0 bridgehead atoms. The number of aryl methyl sites for hydroxylation is 1. The molecule has 44 heavy (non-hydrogen) atoms. The molecule has 3 heterocycles. The van der Waals surface area contributed by atoms with Crippen LogP contribution in [0.4, 0.5) is 4.39 Å². The predicted octanol–water partition coefficient (Wildman–Crippen LogP) is 7.89. The zero-order valence-electron chi connectivity index (χ0n) is 23.9. The fourth-order valence-electron chi connectivity index (χ4n) is 5.35. The molecular formula is C35H25FN4O3Pt. The average molecular weight is 764 g/mol. The average Bonchev–Trinajstić information content (AvgIpc) is 3.64. The number of aromatic nitrogens is 4. The van der Waals surface area contributed by atoms with Crippen molar-refractivity contribution in [2.75, 3.05) is 14.2 Å². The van der Waals surface area contributed by atoms with E-state index in [-0.39, 0.29) is 26.9 Å². The Balaban J connectivity index is 0.00000343. The number of benzene rings is 4. The molecule has 0 saturated carbocycles. The third kappa shape index (κ3) is 5.22. The van der Waals surface area contributed by atoms with Crippen LogP contribution in [0.1, 0.15) is 5.56 Å². The molecule has 4 aromatic carbocycles. The fraction of sp³-hybridized carbons (Fsp3) is 0.0857. The first-order chi connectivity index (χ1) is 21.0. The molecule has 0 radical (unpaired) electrons. The fourth-order valence-corrected chi connectivity index (χ4v) is 5.35. The van der Waals surface area contributed by atoms with Crippen LogP contribution in [-0.2, 0) is 21.1 Å². The van der Waals surface area contributed by atoms with Gasteiger partial charge in [-0.05, 0) is 47.8 Å². The molecule has 7 rings (SSSR count). The number of nitrogens with zero attached hydrogens (tertiary/aromatic N) is 4. The van der Waals surface area contributed by atoms with Crippen molar-refractivity contribution in [3.8, 4) is 45.6 Å². The summed E-state index contributed by atoms with van der Waals surface area (Å²) in [6.07, 6.45) is 5.11. The minimum Gasteiger partial charge on any atom is -0.509 e. The number of halogens is 1. The van der Waals surface area contributed by atoms with Crippen LogP contribution in [0.15, 0.2) is 97.5 Å². The van der Waals surface area contributed by atoms with Crippen molar-refractivity contribution >= 4 is 21.8 Å². The largest absolute Gasteiger partial charge is 2.00 e. The normalized spacial score (nSPS) is 11.0. The molecule has 0 amide bonds. The van der Waals surface area contributed by atoms with E-state index in [1.807, 2.05) is 84.4 Å². The second-order valence-electron chi connectivity index (χ2n) is 9.99. The summed E-state index contributed by atoms with van der Waals surface area (Å²) < 4.78 is 35.3. The van der Waals surface area contributed by atoms with Crippen molar-refractivity contribution in [2.24, 2.45) is 0 Å². The molecule has 9 heteroatoms. The van der Waals surface area contributed by atoms with E-state index in [0.29, 0.717) is 34.5 Å². The molecule has 0 N–H and O–H groups in total. The summed E-state index contributed by atoms with van der Waals surface area (Å²) in [5.41, 5.74) is 5.00. The first kappa shape index (κ1) is 29.1. The zero-order chi connectivity index (χ0) is 29.5. The van der Waals surface area contributed by atoms with Crippen molar-refractivity contribution in [1.29, 1.82) is 0 Å². The summed E-state index contributed by atoms with van der Waals surface area (Å²) in [7, 11) is 3.28. The number of hydrogen-bond donors (Lipinski definition) is 0. The molecule has 0 aliphatic rings. The van der Waals surface area contributed by atoms with Crippen molar-refractivity contribution in [1.82, 2.24) is 19.3 Å². The van der Waals surface area contributed by atoms with Gasteiger partial charge >= 0.3 is 21.1 Å². The number of methoxy groups -OCH3 is 2.